The van der Waals surface area contributed by atoms with Gasteiger partial charge in [-0.2, -0.15) is 0 Å². The van der Waals surface area contributed by atoms with Gasteiger partial charge in [0, 0.05) is 59.8 Å². The molecule has 21 heavy (non-hydrogen) atoms. The lowest BCUT2D eigenvalue weighted by molar-refractivity contribution is -0.0857. The summed E-state index contributed by atoms with van der Waals surface area (Å²) in [4.78, 5) is 6.92. The van der Waals surface area contributed by atoms with Crippen LogP contribution in [0.2, 0.25) is 0 Å². The van der Waals surface area contributed by atoms with Crippen molar-refractivity contribution in [3.8, 4) is 0 Å². The van der Waals surface area contributed by atoms with Gasteiger partial charge in [0.1, 0.15) is 0 Å². The normalized spacial score (nSPS) is 27.7. The van der Waals surface area contributed by atoms with Crippen LogP contribution in [-0.2, 0) is 9.47 Å². The van der Waals surface area contributed by atoms with Crippen molar-refractivity contribution in [3.63, 3.8) is 0 Å². The zero-order valence-corrected chi connectivity index (χ0v) is 13.5. The average molecular weight is 295 g/mol. The van der Waals surface area contributed by atoms with Gasteiger partial charge in [-0.1, -0.05) is 6.42 Å². The van der Waals surface area contributed by atoms with Gasteiger partial charge in [0.2, 0.25) is 0 Å². The van der Waals surface area contributed by atoms with E-state index >= 15 is 0 Å². The number of methoxy groups -OCH3 is 1. The molecule has 0 aromatic rings. The molecular weight excluding hydrogens is 266 g/mol. The highest BCUT2D eigenvalue weighted by atomic mass is 16.5. The number of ether oxygens (including phenoxy) is 2. The summed E-state index contributed by atoms with van der Waals surface area (Å²) in [5.74, 6) is 1.04. The Hall–Kier alpha value is -0.810. The highest BCUT2D eigenvalue weighted by molar-refractivity contribution is 5.80. The second kappa shape index (κ2) is 6.13. The largest absolute Gasteiger partial charge is 0.381 e. The summed E-state index contributed by atoms with van der Waals surface area (Å²) in [6.45, 7) is 4.73. The van der Waals surface area contributed by atoms with Gasteiger partial charge in [-0.05, 0) is 24.7 Å². The number of aliphatic imine (C=N–C) groups is 1. The van der Waals surface area contributed by atoms with E-state index in [2.05, 4.69) is 15.2 Å². The van der Waals surface area contributed by atoms with Gasteiger partial charge in [-0.15, -0.1) is 0 Å². The molecule has 3 fully saturated rings. The van der Waals surface area contributed by atoms with Crippen LogP contribution < -0.4 is 5.32 Å². The van der Waals surface area contributed by atoms with Crippen molar-refractivity contribution in [2.75, 3.05) is 47.0 Å². The fourth-order valence-corrected chi connectivity index (χ4v) is 3.97. The minimum Gasteiger partial charge on any atom is -0.381 e. The third-order valence-electron chi connectivity index (χ3n) is 5.77. The van der Waals surface area contributed by atoms with Crippen LogP contribution in [0.4, 0.5) is 0 Å². The number of rotatable bonds is 3. The predicted molar refractivity (Wildman–Crippen MR) is 83.6 cm³/mol. The Bertz CT molecular complexity index is 387. The number of hydrogen-bond acceptors (Lipinski definition) is 3. The third-order valence-corrected chi connectivity index (χ3v) is 5.77. The third kappa shape index (κ3) is 3.04. The molecule has 1 aliphatic carbocycles. The lowest BCUT2D eigenvalue weighted by Crippen LogP contribution is -2.51. The summed E-state index contributed by atoms with van der Waals surface area (Å²) in [7, 11) is 3.70. The monoisotopic (exact) mass is 295 g/mol. The molecule has 1 N–H and O–H groups in total. The predicted octanol–water partition coefficient (Wildman–Crippen LogP) is 1.63. The number of guanidine groups is 1. The van der Waals surface area contributed by atoms with Crippen LogP contribution in [-0.4, -0.2) is 63.5 Å². The molecule has 2 heterocycles. The number of nitrogens with zero attached hydrogens (tertiary/aromatic N) is 2. The Morgan fingerprint density at radius 1 is 1.24 bits per heavy atom. The van der Waals surface area contributed by atoms with E-state index in [0.717, 1.165) is 45.1 Å². The molecule has 5 nitrogen and oxygen atoms in total. The molecule has 2 aliphatic heterocycles. The van der Waals surface area contributed by atoms with E-state index < -0.39 is 0 Å². The molecule has 1 saturated carbocycles. The molecule has 5 heteroatoms. The second-order valence-corrected chi connectivity index (χ2v) is 6.93. The van der Waals surface area contributed by atoms with E-state index in [4.69, 9.17) is 9.47 Å². The zero-order chi connectivity index (χ0) is 14.8. The molecule has 120 valence electrons. The fraction of sp³-hybridized carbons (Fsp3) is 0.938. The van der Waals surface area contributed by atoms with Crippen LogP contribution >= 0.6 is 0 Å². The fourth-order valence-electron chi connectivity index (χ4n) is 3.97. The molecule has 0 bridgehead atoms. The van der Waals surface area contributed by atoms with E-state index in [0.29, 0.717) is 5.41 Å². The zero-order valence-electron chi connectivity index (χ0n) is 13.5. The molecule has 0 radical (unpaired) electrons. The van der Waals surface area contributed by atoms with Crippen molar-refractivity contribution in [1.82, 2.24) is 10.2 Å². The van der Waals surface area contributed by atoms with Gasteiger partial charge < -0.3 is 19.7 Å². The Balaban J connectivity index is 1.55. The Labute approximate surface area is 128 Å². The smallest absolute Gasteiger partial charge is 0.193 e. The summed E-state index contributed by atoms with van der Waals surface area (Å²) in [5.41, 5.74) is 0.511. The summed E-state index contributed by atoms with van der Waals surface area (Å²) in [6, 6.07) is 0. The maximum absolute atomic E-state index is 5.79. The maximum Gasteiger partial charge on any atom is 0.193 e. The lowest BCUT2D eigenvalue weighted by atomic mass is 9.68. The van der Waals surface area contributed by atoms with E-state index in [1.54, 1.807) is 0 Å². The van der Waals surface area contributed by atoms with E-state index in [1.165, 1.54) is 32.2 Å². The molecule has 3 rings (SSSR count). The van der Waals surface area contributed by atoms with Crippen LogP contribution in [0.25, 0.3) is 0 Å². The second-order valence-electron chi connectivity index (χ2n) is 6.93. The molecule has 0 amide bonds. The summed E-state index contributed by atoms with van der Waals surface area (Å²) in [5, 5.41) is 3.55. The van der Waals surface area contributed by atoms with Crippen LogP contribution in [0.1, 0.15) is 38.5 Å². The summed E-state index contributed by atoms with van der Waals surface area (Å²) >= 11 is 0. The molecule has 1 spiro atoms. The van der Waals surface area contributed by atoms with Crippen LogP contribution in [0, 0.1) is 5.41 Å². The van der Waals surface area contributed by atoms with Gasteiger partial charge in [0.25, 0.3) is 0 Å². The first-order chi connectivity index (χ1) is 10.2. The summed E-state index contributed by atoms with van der Waals surface area (Å²) in [6.07, 6.45) is 7.46. The van der Waals surface area contributed by atoms with Gasteiger partial charge in [-0.3, -0.25) is 4.99 Å². The molecule has 0 aromatic carbocycles. The number of nitrogens with one attached hydrogen (secondary N) is 1. The van der Waals surface area contributed by atoms with Crippen LogP contribution in [0.15, 0.2) is 4.99 Å². The number of hydrogen-bond donors (Lipinski definition) is 1. The molecule has 3 aliphatic rings. The Morgan fingerprint density at radius 2 is 2.00 bits per heavy atom. The van der Waals surface area contributed by atoms with Gasteiger partial charge >= 0.3 is 0 Å². The van der Waals surface area contributed by atoms with Gasteiger partial charge in [0.05, 0.1) is 5.60 Å². The van der Waals surface area contributed by atoms with E-state index in [1.807, 2.05) is 14.2 Å². The van der Waals surface area contributed by atoms with E-state index in [9.17, 15) is 0 Å². The van der Waals surface area contributed by atoms with Crippen molar-refractivity contribution in [3.05, 3.63) is 0 Å². The molecular formula is C16H29N3O2. The van der Waals surface area contributed by atoms with E-state index in [-0.39, 0.29) is 5.60 Å². The van der Waals surface area contributed by atoms with Gasteiger partial charge in [-0.25, -0.2) is 0 Å². The first kappa shape index (κ1) is 15.1. The van der Waals surface area contributed by atoms with Crippen LogP contribution in [0.5, 0.6) is 0 Å². The Morgan fingerprint density at radius 3 is 2.52 bits per heavy atom. The van der Waals surface area contributed by atoms with Crippen molar-refractivity contribution in [1.29, 1.82) is 0 Å². The highest BCUT2D eigenvalue weighted by Gasteiger charge is 2.43. The molecule has 0 atom stereocenters. The quantitative estimate of drug-likeness (QED) is 0.635. The number of likely N-dealkylation sites (tertiary alicyclic amines) is 1. The van der Waals surface area contributed by atoms with Crippen molar-refractivity contribution >= 4 is 5.96 Å². The lowest BCUT2D eigenvalue weighted by Gasteiger charge is -2.39. The minimum absolute atomic E-state index is 0.0952. The van der Waals surface area contributed by atoms with Crippen LogP contribution in [0.3, 0.4) is 0 Å². The standard InChI is InChI=1S/C16H29N3O2/c1-17-14(19-9-6-15(13-19)4-3-5-15)18-12-16(20-2)7-10-21-11-8-16/h3-13H2,1-2H3,(H,17,18). The molecule has 0 unspecified atom stereocenters. The molecule has 0 aromatic heterocycles. The topological polar surface area (TPSA) is 46.1 Å². The van der Waals surface area contributed by atoms with Gasteiger partial charge in [0.15, 0.2) is 5.96 Å². The minimum atomic E-state index is -0.0952. The molecule has 2 saturated heterocycles. The SMILES string of the molecule is CN=C(NCC1(OC)CCOCC1)N1CCC2(CCC2)C1. The average Bonchev–Trinajstić information content (AvgIpc) is 2.95. The Kier molecular flexibility index (Phi) is 4.41. The highest BCUT2D eigenvalue weighted by Crippen LogP contribution is 2.47. The first-order valence-electron chi connectivity index (χ1n) is 8.30. The maximum atomic E-state index is 5.79. The van der Waals surface area contributed by atoms with Crippen molar-refractivity contribution in [2.24, 2.45) is 10.4 Å². The van der Waals surface area contributed by atoms with Crippen molar-refractivity contribution < 1.29 is 9.47 Å². The van der Waals surface area contributed by atoms with Crippen molar-refractivity contribution in [2.45, 2.75) is 44.1 Å². The first-order valence-corrected chi connectivity index (χ1v) is 8.30. The summed E-state index contributed by atoms with van der Waals surface area (Å²) < 4.78 is 11.3.